The summed E-state index contributed by atoms with van der Waals surface area (Å²) in [5.74, 6) is -0.511. The van der Waals surface area contributed by atoms with Crippen molar-refractivity contribution in [2.24, 2.45) is 0 Å². The Morgan fingerprint density at radius 2 is 2.32 bits per heavy atom. The lowest BCUT2D eigenvalue weighted by atomic mass is 10.1. The molecule has 0 radical (unpaired) electrons. The molecule has 0 bridgehead atoms. The second-order valence-electron chi connectivity index (χ2n) is 3.81. The first-order valence-electron chi connectivity index (χ1n) is 6.03. The van der Waals surface area contributed by atoms with Gasteiger partial charge in [-0.25, -0.2) is 14.8 Å². The number of anilines is 1. The maximum absolute atomic E-state index is 11.9. The average molecular weight is 261 g/mol. The largest absolute Gasteiger partial charge is 0.460 e. The minimum absolute atomic E-state index is 0.0323. The maximum atomic E-state index is 11.9. The van der Waals surface area contributed by atoms with Crippen molar-refractivity contribution in [2.45, 2.75) is 6.92 Å². The molecule has 0 spiro atoms. The summed E-state index contributed by atoms with van der Waals surface area (Å²) in [6.45, 7) is 2.36. The van der Waals surface area contributed by atoms with Gasteiger partial charge in [-0.05, 0) is 19.1 Å². The van der Waals surface area contributed by atoms with Gasteiger partial charge in [-0.2, -0.15) is 0 Å². The monoisotopic (exact) mass is 261 g/mol. The molecule has 0 unspecified atom stereocenters. The molecule has 6 heteroatoms. The highest BCUT2D eigenvalue weighted by Crippen LogP contribution is 2.25. The molecule has 6 nitrogen and oxygen atoms in total. The van der Waals surface area contributed by atoms with Crippen molar-refractivity contribution in [1.29, 1.82) is 0 Å². The van der Waals surface area contributed by atoms with Crippen LogP contribution in [0, 0.1) is 0 Å². The van der Waals surface area contributed by atoms with Crippen molar-refractivity contribution in [3.63, 3.8) is 0 Å². The fraction of sp³-hybridized carbons (Fsp3) is 0.308. The lowest BCUT2D eigenvalue weighted by Gasteiger charge is -2.12. The standard InChI is InChI=1S/C13H15N3O3/c1-2-14-11-9-4-3-5-15-12(9)16-8-10(11)13(18)19-7-6-17/h3-5,8,17H,2,6-7H2,1H3,(H,14,15,16). The van der Waals surface area contributed by atoms with Crippen molar-refractivity contribution in [3.05, 3.63) is 30.1 Å². The molecule has 0 fully saturated rings. The van der Waals surface area contributed by atoms with Crippen molar-refractivity contribution in [2.75, 3.05) is 25.1 Å². The number of ether oxygens (including phenoxy) is 1. The molecule has 0 saturated carbocycles. The highest BCUT2D eigenvalue weighted by Gasteiger charge is 2.16. The van der Waals surface area contributed by atoms with Crippen molar-refractivity contribution in [1.82, 2.24) is 9.97 Å². The predicted molar refractivity (Wildman–Crippen MR) is 71.1 cm³/mol. The smallest absolute Gasteiger partial charge is 0.341 e. The number of hydrogen-bond acceptors (Lipinski definition) is 6. The summed E-state index contributed by atoms with van der Waals surface area (Å²) in [7, 11) is 0. The van der Waals surface area contributed by atoms with Gasteiger partial charge >= 0.3 is 5.97 Å². The van der Waals surface area contributed by atoms with Gasteiger partial charge in [0.1, 0.15) is 12.2 Å². The lowest BCUT2D eigenvalue weighted by molar-refractivity contribution is 0.0434. The highest BCUT2D eigenvalue weighted by molar-refractivity contribution is 6.04. The molecule has 100 valence electrons. The van der Waals surface area contributed by atoms with Crippen molar-refractivity contribution >= 4 is 22.7 Å². The van der Waals surface area contributed by atoms with Gasteiger partial charge in [0, 0.05) is 24.3 Å². The number of aliphatic hydroxyl groups excluding tert-OH is 1. The van der Waals surface area contributed by atoms with Crippen LogP contribution in [0.5, 0.6) is 0 Å². The van der Waals surface area contributed by atoms with E-state index in [4.69, 9.17) is 9.84 Å². The molecular weight excluding hydrogens is 246 g/mol. The zero-order chi connectivity index (χ0) is 13.7. The van der Waals surface area contributed by atoms with E-state index in [0.717, 1.165) is 5.39 Å². The SMILES string of the molecule is CCNc1c(C(=O)OCCO)cnc2ncccc12. The summed E-state index contributed by atoms with van der Waals surface area (Å²) >= 11 is 0. The highest BCUT2D eigenvalue weighted by atomic mass is 16.5. The summed E-state index contributed by atoms with van der Waals surface area (Å²) in [4.78, 5) is 20.2. The van der Waals surface area contributed by atoms with Gasteiger partial charge in [-0.15, -0.1) is 0 Å². The van der Waals surface area contributed by atoms with Crippen LogP contribution in [-0.4, -0.2) is 40.8 Å². The third kappa shape index (κ3) is 2.79. The van der Waals surface area contributed by atoms with E-state index in [0.29, 0.717) is 23.4 Å². The van der Waals surface area contributed by atoms with Gasteiger partial charge in [-0.3, -0.25) is 0 Å². The van der Waals surface area contributed by atoms with Crippen LogP contribution in [-0.2, 0) is 4.74 Å². The zero-order valence-corrected chi connectivity index (χ0v) is 10.6. The summed E-state index contributed by atoms with van der Waals surface area (Å²) in [5, 5.41) is 12.6. The van der Waals surface area contributed by atoms with Gasteiger partial charge in [-0.1, -0.05) is 0 Å². The number of nitrogens with zero attached hydrogens (tertiary/aromatic N) is 2. The Kier molecular flexibility index (Phi) is 4.25. The second-order valence-corrected chi connectivity index (χ2v) is 3.81. The molecule has 0 atom stereocenters. The fourth-order valence-electron chi connectivity index (χ4n) is 1.77. The summed E-state index contributed by atoms with van der Waals surface area (Å²) in [6, 6.07) is 3.63. The van der Waals surface area contributed by atoms with E-state index in [1.807, 2.05) is 13.0 Å². The van der Waals surface area contributed by atoms with Gasteiger partial charge in [0.05, 0.1) is 12.3 Å². The Bertz CT molecular complexity index is 586. The van der Waals surface area contributed by atoms with Crippen LogP contribution in [0.2, 0.25) is 0 Å². The minimum atomic E-state index is -0.511. The van der Waals surface area contributed by atoms with E-state index >= 15 is 0 Å². The van der Waals surface area contributed by atoms with Crippen molar-refractivity contribution in [3.8, 4) is 0 Å². The van der Waals surface area contributed by atoms with Crippen LogP contribution in [0.25, 0.3) is 11.0 Å². The normalized spacial score (nSPS) is 10.4. The number of rotatable bonds is 5. The number of pyridine rings is 2. The number of aromatic nitrogens is 2. The number of esters is 1. The molecule has 2 aromatic heterocycles. The second kappa shape index (κ2) is 6.10. The predicted octanol–water partition coefficient (Wildman–Crippen LogP) is 1.21. The number of hydrogen-bond donors (Lipinski definition) is 2. The first-order valence-corrected chi connectivity index (χ1v) is 6.03. The third-order valence-electron chi connectivity index (χ3n) is 2.54. The van der Waals surface area contributed by atoms with Crippen LogP contribution >= 0.6 is 0 Å². The maximum Gasteiger partial charge on any atom is 0.341 e. The Hall–Kier alpha value is -2.21. The summed E-state index contributed by atoms with van der Waals surface area (Å²) in [6.07, 6.45) is 3.09. The molecule has 0 aliphatic heterocycles. The first-order chi connectivity index (χ1) is 9.27. The molecule has 2 heterocycles. The van der Waals surface area contributed by atoms with Crippen LogP contribution in [0.3, 0.4) is 0 Å². The van der Waals surface area contributed by atoms with Crippen LogP contribution < -0.4 is 5.32 Å². The molecular formula is C13H15N3O3. The molecule has 2 aromatic rings. The molecule has 0 aliphatic rings. The Labute approximate surface area is 110 Å². The summed E-state index contributed by atoms with van der Waals surface area (Å²) < 4.78 is 4.92. The number of carbonyl (C=O) groups is 1. The number of fused-ring (bicyclic) bond motifs is 1. The van der Waals surface area contributed by atoms with E-state index in [1.54, 1.807) is 12.3 Å². The minimum Gasteiger partial charge on any atom is -0.460 e. The molecule has 19 heavy (non-hydrogen) atoms. The van der Waals surface area contributed by atoms with Crippen LogP contribution in [0.1, 0.15) is 17.3 Å². The average Bonchev–Trinajstić information content (AvgIpc) is 2.45. The van der Waals surface area contributed by atoms with Gasteiger partial charge in [0.15, 0.2) is 5.65 Å². The first kappa shape index (κ1) is 13.2. The van der Waals surface area contributed by atoms with Crippen LogP contribution in [0.4, 0.5) is 5.69 Å². The molecule has 2 N–H and O–H groups in total. The molecule has 0 amide bonds. The summed E-state index contributed by atoms with van der Waals surface area (Å²) in [5.41, 5.74) is 1.57. The molecule has 0 aromatic carbocycles. The lowest BCUT2D eigenvalue weighted by Crippen LogP contribution is -2.13. The van der Waals surface area contributed by atoms with E-state index < -0.39 is 5.97 Å². The molecule has 0 aliphatic carbocycles. The fourth-order valence-corrected chi connectivity index (χ4v) is 1.77. The van der Waals surface area contributed by atoms with Gasteiger partial charge < -0.3 is 15.2 Å². The number of aliphatic hydroxyl groups is 1. The topological polar surface area (TPSA) is 84.3 Å². The van der Waals surface area contributed by atoms with E-state index in [9.17, 15) is 4.79 Å². The van der Waals surface area contributed by atoms with E-state index in [1.165, 1.54) is 6.20 Å². The van der Waals surface area contributed by atoms with Gasteiger partial charge in [0.2, 0.25) is 0 Å². The zero-order valence-electron chi connectivity index (χ0n) is 10.6. The number of carbonyl (C=O) groups excluding carboxylic acids is 1. The van der Waals surface area contributed by atoms with Crippen LogP contribution in [0.15, 0.2) is 24.5 Å². The third-order valence-corrected chi connectivity index (χ3v) is 2.54. The number of nitrogens with one attached hydrogen (secondary N) is 1. The van der Waals surface area contributed by atoms with Gasteiger partial charge in [0.25, 0.3) is 0 Å². The Balaban J connectivity index is 2.47. The quantitative estimate of drug-likeness (QED) is 0.787. The van der Waals surface area contributed by atoms with Crippen molar-refractivity contribution < 1.29 is 14.6 Å². The van der Waals surface area contributed by atoms with E-state index in [-0.39, 0.29) is 13.2 Å². The Morgan fingerprint density at radius 1 is 1.47 bits per heavy atom. The Morgan fingerprint density at radius 3 is 3.05 bits per heavy atom. The molecule has 2 rings (SSSR count). The molecule has 0 saturated heterocycles. The van der Waals surface area contributed by atoms with E-state index in [2.05, 4.69) is 15.3 Å².